The van der Waals surface area contributed by atoms with E-state index in [-0.39, 0.29) is 6.04 Å². The van der Waals surface area contributed by atoms with E-state index in [1.54, 1.807) is 0 Å². The average molecular weight is 317 g/mol. The molecule has 126 valence electrons. The highest BCUT2D eigenvalue weighted by Crippen LogP contribution is 2.30. The second-order valence-electron chi connectivity index (χ2n) is 6.77. The Labute approximate surface area is 137 Å². The molecule has 0 saturated heterocycles. The average Bonchev–Trinajstić information content (AvgIpc) is 3.13. The predicted octanol–water partition coefficient (Wildman–Crippen LogP) is 3.11. The minimum Gasteiger partial charge on any atom is -0.338 e. The summed E-state index contributed by atoms with van der Waals surface area (Å²) < 4.78 is 7.44. The Balaban J connectivity index is 1.50. The lowest BCUT2D eigenvalue weighted by atomic mass is 9.89. The molecule has 23 heavy (non-hydrogen) atoms. The first-order valence-corrected chi connectivity index (χ1v) is 8.68. The SMILES string of the molecule is Cc1cc(C)n(C[C@@H](C)NCc2nc(C3CCCCC3)no2)n1. The topological polar surface area (TPSA) is 68.8 Å². The zero-order chi connectivity index (χ0) is 16.2. The van der Waals surface area contributed by atoms with E-state index in [2.05, 4.69) is 40.5 Å². The molecule has 1 aliphatic rings. The van der Waals surface area contributed by atoms with E-state index in [9.17, 15) is 0 Å². The van der Waals surface area contributed by atoms with Crippen LogP contribution in [-0.2, 0) is 13.1 Å². The zero-order valence-electron chi connectivity index (χ0n) is 14.4. The molecule has 0 unspecified atom stereocenters. The fourth-order valence-electron chi connectivity index (χ4n) is 3.31. The molecule has 1 fully saturated rings. The number of nitrogens with one attached hydrogen (secondary N) is 1. The smallest absolute Gasteiger partial charge is 0.240 e. The van der Waals surface area contributed by atoms with Gasteiger partial charge in [-0.3, -0.25) is 4.68 Å². The first kappa shape index (κ1) is 16.2. The Kier molecular flexibility index (Phi) is 5.10. The van der Waals surface area contributed by atoms with Crippen LogP contribution >= 0.6 is 0 Å². The molecule has 0 bridgehead atoms. The lowest BCUT2D eigenvalue weighted by molar-refractivity contribution is 0.339. The van der Waals surface area contributed by atoms with Gasteiger partial charge in [-0.2, -0.15) is 10.1 Å². The largest absolute Gasteiger partial charge is 0.338 e. The molecule has 6 heteroatoms. The number of nitrogens with zero attached hydrogens (tertiary/aromatic N) is 4. The third-order valence-electron chi connectivity index (χ3n) is 4.61. The lowest BCUT2D eigenvalue weighted by Gasteiger charge is -2.17. The standard InChI is InChI=1S/C17H27N5O/c1-12-9-14(3)22(20-12)11-13(2)18-10-16-19-17(21-23-16)15-7-5-4-6-8-15/h9,13,15,18H,4-8,10-11H2,1-3H3/t13-/m1/s1. The highest BCUT2D eigenvalue weighted by atomic mass is 16.5. The molecular formula is C17H27N5O. The number of hydrogen-bond acceptors (Lipinski definition) is 5. The van der Waals surface area contributed by atoms with Gasteiger partial charge in [-0.25, -0.2) is 0 Å². The zero-order valence-corrected chi connectivity index (χ0v) is 14.4. The van der Waals surface area contributed by atoms with Gasteiger partial charge < -0.3 is 9.84 Å². The van der Waals surface area contributed by atoms with Crippen LogP contribution in [0.2, 0.25) is 0 Å². The van der Waals surface area contributed by atoms with Gasteiger partial charge in [0, 0.05) is 17.7 Å². The molecule has 2 aromatic rings. The van der Waals surface area contributed by atoms with Crippen molar-refractivity contribution in [3.05, 3.63) is 29.2 Å². The van der Waals surface area contributed by atoms with Crippen molar-refractivity contribution in [1.29, 1.82) is 0 Å². The Morgan fingerprint density at radius 2 is 2.09 bits per heavy atom. The van der Waals surface area contributed by atoms with Gasteiger partial charge >= 0.3 is 0 Å². The van der Waals surface area contributed by atoms with Crippen molar-refractivity contribution in [3.8, 4) is 0 Å². The van der Waals surface area contributed by atoms with Crippen LogP contribution in [0.3, 0.4) is 0 Å². The van der Waals surface area contributed by atoms with E-state index in [0.29, 0.717) is 18.4 Å². The minimum atomic E-state index is 0.290. The van der Waals surface area contributed by atoms with Crippen LogP contribution in [0.1, 0.15) is 68.0 Å². The lowest BCUT2D eigenvalue weighted by Crippen LogP contribution is -2.30. The molecule has 1 N–H and O–H groups in total. The maximum Gasteiger partial charge on any atom is 0.240 e. The van der Waals surface area contributed by atoms with Gasteiger partial charge in [-0.15, -0.1) is 0 Å². The molecule has 0 radical (unpaired) electrons. The number of rotatable bonds is 6. The molecule has 0 aromatic carbocycles. The summed E-state index contributed by atoms with van der Waals surface area (Å²) in [5.41, 5.74) is 2.25. The number of aromatic nitrogens is 4. The molecule has 2 heterocycles. The van der Waals surface area contributed by atoms with Crippen LogP contribution < -0.4 is 5.32 Å². The molecule has 1 saturated carbocycles. The quantitative estimate of drug-likeness (QED) is 0.886. The summed E-state index contributed by atoms with van der Waals surface area (Å²) in [7, 11) is 0. The Bertz CT molecular complexity index is 627. The van der Waals surface area contributed by atoms with Crippen LogP contribution in [0.25, 0.3) is 0 Å². The van der Waals surface area contributed by atoms with Crippen molar-refractivity contribution in [1.82, 2.24) is 25.2 Å². The maximum atomic E-state index is 5.40. The Morgan fingerprint density at radius 3 is 2.78 bits per heavy atom. The molecule has 0 aliphatic heterocycles. The maximum absolute atomic E-state index is 5.40. The molecule has 1 atom stereocenters. The van der Waals surface area contributed by atoms with Crippen LogP contribution in [0.15, 0.2) is 10.6 Å². The van der Waals surface area contributed by atoms with Gasteiger partial charge in [-0.05, 0) is 39.7 Å². The van der Waals surface area contributed by atoms with Crippen molar-refractivity contribution in [3.63, 3.8) is 0 Å². The van der Waals surface area contributed by atoms with Crippen molar-refractivity contribution < 1.29 is 4.52 Å². The molecule has 0 spiro atoms. The normalized spacial score (nSPS) is 17.5. The second kappa shape index (κ2) is 7.25. The summed E-state index contributed by atoms with van der Waals surface area (Å²) >= 11 is 0. The first-order valence-electron chi connectivity index (χ1n) is 8.68. The highest BCUT2D eigenvalue weighted by molar-refractivity contribution is 5.06. The summed E-state index contributed by atoms with van der Waals surface area (Å²) in [5.74, 6) is 2.08. The second-order valence-corrected chi connectivity index (χ2v) is 6.77. The van der Waals surface area contributed by atoms with Crippen LogP contribution in [-0.4, -0.2) is 26.0 Å². The van der Waals surface area contributed by atoms with Crippen LogP contribution in [0.4, 0.5) is 0 Å². The highest BCUT2D eigenvalue weighted by Gasteiger charge is 2.21. The summed E-state index contributed by atoms with van der Waals surface area (Å²) in [6.45, 7) is 7.70. The van der Waals surface area contributed by atoms with Gasteiger partial charge in [0.15, 0.2) is 5.82 Å². The number of aryl methyl sites for hydroxylation is 2. The van der Waals surface area contributed by atoms with E-state index in [0.717, 1.165) is 18.1 Å². The van der Waals surface area contributed by atoms with Crippen LogP contribution in [0, 0.1) is 13.8 Å². The van der Waals surface area contributed by atoms with Crippen molar-refractivity contribution >= 4 is 0 Å². The fraction of sp³-hybridized carbons (Fsp3) is 0.706. The fourth-order valence-corrected chi connectivity index (χ4v) is 3.31. The Morgan fingerprint density at radius 1 is 1.30 bits per heavy atom. The molecule has 1 aliphatic carbocycles. The first-order chi connectivity index (χ1) is 11.1. The van der Waals surface area contributed by atoms with Crippen molar-refractivity contribution in [2.45, 2.75) is 77.9 Å². The third-order valence-corrected chi connectivity index (χ3v) is 4.61. The molecule has 2 aromatic heterocycles. The summed E-state index contributed by atoms with van der Waals surface area (Å²) in [5, 5.41) is 12.1. The minimum absolute atomic E-state index is 0.290. The molecule has 3 rings (SSSR count). The van der Waals surface area contributed by atoms with Gasteiger partial charge in [0.25, 0.3) is 0 Å². The third kappa shape index (κ3) is 4.19. The van der Waals surface area contributed by atoms with E-state index in [4.69, 9.17) is 4.52 Å². The van der Waals surface area contributed by atoms with Gasteiger partial charge in [-0.1, -0.05) is 24.4 Å². The van der Waals surface area contributed by atoms with E-state index in [1.165, 1.54) is 37.8 Å². The van der Waals surface area contributed by atoms with E-state index >= 15 is 0 Å². The van der Waals surface area contributed by atoms with Gasteiger partial charge in [0.1, 0.15) is 0 Å². The Hall–Kier alpha value is -1.69. The summed E-state index contributed by atoms with van der Waals surface area (Å²) in [6, 6.07) is 2.39. The summed E-state index contributed by atoms with van der Waals surface area (Å²) in [6.07, 6.45) is 6.30. The molecule has 6 nitrogen and oxygen atoms in total. The summed E-state index contributed by atoms with van der Waals surface area (Å²) in [4.78, 5) is 4.57. The predicted molar refractivity (Wildman–Crippen MR) is 88.1 cm³/mol. The monoisotopic (exact) mass is 317 g/mol. The van der Waals surface area contributed by atoms with Crippen LogP contribution in [0.5, 0.6) is 0 Å². The van der Waals surface area contributed by atoms with E-state index < -0.39 is 0 Å². The number of hydrogen-bond donors (Lipinski definition) is 1. The molecular weight excluding hydrogens is 290 g/mol. The van der Waals surface area contributed by atoms with E-state index in [1.807, 2.05) is 11.6 Å². The van der Waals surface area contributed by atoms with Gasteiger partial charge in [0.05, 0.1) is 18.8 Å². The van der Waals surface area contributed by atoms with Crippen molar-refractivity contribution in [2.24, 2.45) is 0 Å². The van der Waals surface area contributed by atoms with Crippen molar-refractivity contribution in [2.75, 3.05) is 0 Å². The molecule has 0 amide bonds. The van der Waals surface area contributed by atoms with Gasteiger partial charge in [0.2, 0.25) is 5.89 Å².